The first kappa shape index (κ1) is 16.0. The van der Waals surface area contributed by atoms with Crippen LogP contribution in [0.15, 0.2) is 21.8 Å². The van der Waals surface area contributed by atoms with Gasteiger partial charge in [-0.2, -0.15) is 5.26 Å². The summed E-state index contributed by atoms with van der Waals surface area (Å²) in [6, 6.07) is 5.53. The Hall–Kier alpha value is -2.40. The highest BCUT2D eigenvalue weighted by Gasteiger charge is 2.18. The number of hydrogen-bond acceptors (Lipinski definition) is 8. The maximum absolute atomic E-state index is 8.81. The Labute approximate surface area is 132 Å². The lowest BCUT2D eigenvalue weighted by atomic mass is 10.2. The number of thioether (sulfide) groups is 1. The van der Waals surface area contributed by atoms with Crippen LogP contribution in [-0.4, -0.2) is 36.8 Å². The van der Waals surface area contributed by atoms with Gasteiger partial charge >= 0.3 is 0 Å². The van der Waals surface area contributed by atoms with Gasteiger partial charge in [0.25, 0.3) is 5.22 Å². The van der Waals surface area contributed by atoms with E-state index in [-0.39, 0.29) is 5.25 Å². The van der Waals surface area contributed by atoms with Crippen LogP contribution in [0.2, 0.25) is 0 Å². The van der Waals surface area contributed by atoms with Gasteiger partial charge in [-0.05, 0) is 30.8 Å². The van der Waals surface area contributed by atoms with Gasteiger partial charge in [0.15, 0.2) is 11.5 Å². The molecule has 2 aromatic rings. The number of benzene rings is 1. The smallest absolute Gasteiger partial charge is 0.278 e. The van der Waals surface area contributed by atoms with Crippen molar-refractivity contribution >= 4 is 11.8 Å². The number of hydrogen-bond donors (Lipinski definition) is 0. The third-order valence-electron chi connectivity index (χ3n) is 2.78. The summed E-state index contributed by atoms with van der Waals surface area (Å²) in [5.74, 6) is 1.79. The molecule has 0 radical (unpaired) electrons. The van der Waals surface area contributed by atoms with E-state index in [1.807, 2.05) is 0 Å². The largest absolute Gasteiger partial charge is 0.493 e. The molecule has 0 saturated heterocycles. The monoisotopic (exact) mass is 321 g/mol. The fourth-order valence-electron chi connectivity index (χ4n) is 1.76. The van der Waals surface area contributed by atoms with Crippen molar-refractivity contribution in [2.24, 2.45) is 0 Å². The van der Waals surface area contributed by atoms with Crippen molar-refractivity contribution in [3.63, 3.8) is 0 Å². The summed E-state index contributed by atoms with van der Waals surface area (Å²) >= 11 is 1.20. The number of nitrogens with zero attached hydrogens (tertiary/aromatic N) is 3. The van der Waals surface area contributed by atoms with Crippen molar-refractivity contribution in [3.05, 3.63) is 12.1 Å². The molecule has 7 nitrogen and oxygen atoms in total. The minimum Gasteiger partial charge on any atom is -0.493 e. The standard InChI is InChI=1S/C14H15N3O4S/c1-8(7-15)22-14-17-16-13(21-14)9-5-10(18-2)12(20-4)11(6-9)19-3/h5-6,8H,1-4H3/t8-/m0/s1. The lowest BCUT2D eigenvalue weighted by Gasteiger charge is -2.12. The van der Waals surface area contributed by atoms with E-state index >= 15 is 0 Å². The Morgan fingerprint density at radius 2 is 1.77 bits per heavy atom. The first-order valence-electron chi connectivity index (χ1n) is 6.33. The van der Waals surface area contributed by atoms with E-state index in [0.717, 1.165) is 0 Å². The van der Waals surface area contributed by atoms with Crippen LogP contribution < -0.4 is 14.2 Å². The molecule has 0 aliphatic carbocycles. The summed E-state index contributed by atoms with van der Waals surface area (Å²) in [7, 11) is 4.60. The van der Waals surface area contributed by atoms with Crippen LogP contribution in [0.25, 0.3) is 11.5 Å². The predicted molar refractivity (Wildman–Crippen MR) is 80.3 cm³/mol. The van der Waals surface area contributed by atoms with E-state index in [1.165, 1.54) is 33.1 Å². The molecule has 0 saturated carbocycles. The van der Waals surface area contributed by atoms with Crippen LogP contribution in [-0.2, 0) is 0 Å². The van der Waals surface area contributed by atoms with Crippen LogP contribution in [0, 0.1) is 11.3 Å². The Morgan fingerprint density at radius 3 is 2.27 bits per heavy atom. The highest BCUT2D eigenvalue weighted by atomic mass is 32.2. The molecule has 0 bridgehead atoms. The summed E-state index contributed by atoms with van der Waals surface area (Å²) in [5.41, 5.74) is 0.637. The Balaban J connectivity index is 2.39. The van der Waals surface area contributed by atoms with Gasteiger partial charge in [-0.1, -0.05) is 0 Å². The van der Waals surface area contributed by atoms with Gasteiger partial charge in [0.2, 0.25) is 11.6 Å². The number of ether oxygens (including phenoxy) is 3. The van der Waals surface area contributed by atoms with Crippen molar-refractivity contribution in [2.45, 2.75) is 17.4 Å². The Kier molecular flexibility index (Phi) is 5.12. The van der Waals surface area contributed by atoms with Gasteiger partial charge in [0.05, 0.1) is 32.6 Å². The van der Waals surface area contributed by atoms with E-state index in [9.17, 15) is 0 Å². The third-order valence-corrected chi connectivity index (χ3v) is 3.60. The third kappa shape index (κ3) is 3.26. The molecule has 0 fully saturated rings. The zero-order chi connectivity index (χ0) is 16.1. The van der Waals surface area contributed by atoms with Gasteiger partial charge in [0, 0.05) is 5.56 Å². The van der Waals surface area contributed by atoms with Crippen molar-refractivity contribution < 1.29 is 18.6 Å². The normalized spacial score (nSPS) is 11.6. The second kappa shape index (κ2) is 7.04. The quantitative estimate of drug-likeness (QED) is 0.750. The molecule has 1 heterocycles. The average molecular weight is 321 g/mol. The Morgan fingerprint density at radius 1 is 1.14 bits per heavy atom. The van der Waals surface area contributed by atoms with Crippen molar-refractivity contribution in [3.8, 4) is 34.8 Å². The molecule has 1 aromatic carbocycles. The van der Waals surface area contributed by atoms with Crippen molar-refractivity contribution in [1.29, 1.82) is 5.26 Å². The van der Waals surface area contributed by atoms with Gasteiger partial charge in [0.1, 0.15) is 0 Å². The predicted octanol–water partition coefficient (Wildman–Crippen LogP) is 2.77. The van der Waals surface area contributed by atoms with Gasteiger partial charge in [-0.15, -0.1) is 10.2 Å². The second-order valence-electron chi connectivity index (χ2n) is 4.18. The van der Waals surface area contributed by atoms with E-state index < -0.39 is 0 Å². The molecule has 0 N–H and O–H groups in total. The summed E-state index contributed by atoms with van der Waals surface area (Å²) in [4.78, 5) is 0. The highest BCUT2D eigenvalue weighted by Crippen LogP contribution is 2.41. The van der Waals surface area contributed by atoms with Crippen LogP contribution in [0.1, 0.15) is 6.92 Å². The molecular formula is C14H15N3O4S. The Bertz CT molecular complexity index is 671. The molecule has 8 heteroatoms. The first-order chi connectivity index (χ1) is 10.6. The first-order valence-corrected chi connectivity index (χ1v) is 7.21. The maximum Gasteiger partial charge on any atom is 0.278 e. The van der Waals surface area contributed by atoms with Crippen molar-refractivity contribution in [2.75, 3.05) is 21.3 Å². The lowest BCUT2D eigenvalue weighted by molar-refractivity contribution is 0.324. The number of methoxy groups -OCH3 is 3. The van der Waals surface area contributed by atoms with E-state index in [4.69, 9.17) is 23.9 Å². The molecule has 1 atom stereocenters. The molecule has 2 rings (SSSR count). The minimum atomic E-state index is -0.270. The summed E-state index contributed by atoms with van der Waals surface area (Å²) in [6.07, 6.45) is 0. The molecule has 0 spiro atoms. The van der Waals surface area contributed by atoms with Gasteiger partial charge < -0.3 is 18.6 Å². The minimum absolute atomic E-state index is 0.270. The van der Waals surface area contributed by atoms with Gasteiger partial charge in [-0.3, -0.25) is 0 Å². The topological polar surface area (TPSA) is 90.4 Å². The molecule has 1 aromatic heterocycles. The molecule has 22 heavy (non-hydrogen) atoms. The van der Waals surface area contributed by atoms with E-state index in [0.29, 0.717) is 33.9 Å². The SMILES string of the molecule is COc1cc(-c2nnc(S[C@@H](C)C#N)o2)cc(OC)c1OC. The van der Waals surface area contributed by atoms with E-state index in [2.05, 4.69) is 16.3 Å². The highest BCUT2D eigenvalue weighted by molar-refractivity contribution is 7.99. The van der Waals surface area contributed by atoms with Crippen LogP contribution in [0.5, 0.6) is 17.2 Å². The average Bonchev–Trinajstić information content (AvgIpc) is 3.01. The van der Waals surface area contributed by atoms with Crippen molar-refractivity contribution in [1.82, 2.24) is 10.2 Å². The summed E-state index contributed by atoms with van der Waals surface area (Å²) in [5, 5.41) is 16.8. The summed E-state index contributed by atoms with van der Waals surface area (Å²) < 4.78 is 21.4. The molecule has 0 unspecified atom stereocenters. The van der Waals surface area contributed by atoms with Gasteiger partial charge in [-0.25, -0.2) is 0 Å². The van der Waals surface area contributed by atoms with E-state index in [1.54, 1.807) is 19.1 Å². The fraction of sp³-hybridized carbons (Fsp3) is 0.357. The fourth-order valence-corrected chi connectivity index (χ4v) is 2.33. The molecule has 116 valence electrons. The number of rotatable bonds is 6. The zero-order valence-corrected chi connectivity index (χ0v) is 13.4. The second-order valence-corrected chi connectivity index (χ2v) is 5.47. The lowest BCUT2D eigenvalue weighted by Crippen LogP contribution is -1.95. The molecule has 0 aliphatic heterocycles. The number of aromatic nitrogens is 2. The number of nitriles is 1. The maximum atomic E-state index is 8.81. The van der Waals surface area contributed by atoms with Crippen LogP contribution in [0.3, 0.4) is 0 Å². The van der Waals surface area contributed by atoms with Crippen LogP contribution >= 0.6 is 11.8 Å². The molecule has 0 amide bonds. The zero-order valence-electron chi connectivity index (χ0n) is 12.6. The van der Waals surface area contributed by atoms with Crippen LogP contribution in [0.4, 0.5) is 0 Å². The molecule has 0 aliphatic rings. The molecular weight excluding hydrogens is 306 g/mol. The summed E-state index contributed by atoms with van der Waals surface area (Å²) in [6.45, 7) is 1.76.